The van der Waals surface area contributed by atoms with E-state index in [9.17, 15) is 4.39 Å². The fraction of sp³-hybridized carbons (Fsp3) is 0.0769. The van der Waals surface area contributed by atoms with Gasteiger partial charge in [0.15, 0.2) is 0 Å². The number of aryl methyl sites for hydroxylation is 1. The van der Waals surface area contributed by atoms with Crippen molar-refractivity contribution in [3.05, 3.63) is 47.0 Å². The first-order valence-electron chi connectivity index (χ1n) is 5.35. The maximum Gasteiger partial charge on any atom is 0.228 e. The molecule has 92 valence electrons. The van der Waals surface area contributed by atoms with Crippen molar-refractivity contribution in [2.24, 2.45) is 0 Å². The molecule has 2 aromatic rings. The van der Waals surface area contributed by atoms with Crippen LogP contribution in [-0.2, 0) is 0 Å². The average molecular weight is 253 g/mol. The number of anilines is 2. The van der Waals surface area contributed by atoms with Crippen LogP contribution >= 0.6 is 0 Å². The predicted molar refractivity (Wildman–Crippen MR) is 65.9 cm³/mol. The number of nitriles is 2. The zero-order valence-corrected chi connectivity index (χ0v) is 9.98. The molecule has 0 amide bonds. The van der Waals surface area contributed by atoms with Gasteiger partial charge in [-0.1, -0.05) is 0 Å². The lowest BCUT2D eigenvalue weighted by Crippen LogP contribution is -2.02. The molecule has 0 saturated carbocycles. The summed E-state index contributed by atoms with van der Waals surface area (Å²) in [4.78, 5) is 8.06. The summed E-state index contributed by atoms with van der Waals surface area (Å²) in [5.41, 5.74) is 1.37. The Bertz CT molecular complexity index is 712. The molecule has 5 nitrogen and oxygen atoms in total. The van der Waals surface area contributed by atoms with Crippen LogP contribution < -0.4 is 5.32 Å². The van der Waals surface area contributed by atoms with E-state index in [-0.39, 0.29) is 17.2 Å². The van der Waals surface area contributed by atoms with E-state index in [2.05, 4.69) is 15.3 Å². The molecule has 0 saturated heterocycles. The Hall–Kier alpha value is -2.99. The lowest BCUT2D eigenvalue weighted by Gasteiger charge is -2.07. The van der Waals surface area contributed by atoms with Crippen molar-refractivity contribution in [3.63, 3.8) is 0 Å². The zero-order valence-electron chi connectivity index (χ0n) is 9.98. The molecule has 6 heteroatoms. The van der Waals surface area contributed by atoms with Gasteiger partial charge in [-0.25, -0.2) is 14.4 Å². The van der Waals surface area contributed by atoms with Gasteiger partial charge < -0.3 is 5.32 Å². The molecule has 0 unspecified atom stereocenters. The molecule has 1 N–H and O–H groups in total. The third-order valence-electron chi connectivity index (χ3n) is 2.32. The molecule has 19 heavy (non-hydrogen) atoms. The molecule has 0 spiro atoms. The SMILES string of the molecule is Cc1cc(C#N)nc(Nc2ccc(F)cc2C#N)n1. The monoisotopic (exact) mass is 253 g/mol. The number of nitrogens with one attached hydrogen (secondary N) is 1. The van der Waals surface area contributed by atoms with Gasteiger partial charge in [-0.15, -0.1) is 0 Å². The fourth-order valence-electron chi connectivity index (χ4n) is 1.52. The van der Waals surface area contributed by atoms with Crippen molar-refractivity contribution >= 4 is 11.6 Å². The third kappa shape index (κ3) is 2.82. The van der Waals surface area contributed by atoms with E-state index in [4.69, 9.17) is 10.5 Å². The van der Waals surface area contributed by atoms with Crippen LogP contribution in [0, 0.1) is 35.4 Å². The molecule has 0 aliphatic carbocycles. The van der Waals surface area contributed by atoms with E-state index < -0.39 is 5.82 Å². The van der Waals surface area contributed by atoms with E-state index in [1.807, 2.05) is 12.1 Å². The zero-order chi connectivity index (χ0) is 13.8. The molecular formula is C13H8FN5. The van der Waals surface area contributed by atoms with Crippen molar-refractivity contribution in [2.75, 3.05) is 5.32 Å². The first-order chi connectivity index (χ1) is 9.12. The number of nitrogens with zero attached hydrogens (tertiary/aromatic N) is 4. The van der Waals surface area contributed by atoms with Crippen LogP contribution in [-0.4, -0.2) is 9.97 Å². The summed E-state index contributed by atoms with van der Waals surface area (Å²) in [5, 5.41) is 20.5. The van der Waals surface area contributed by atoms with Crippen LogP contribution in [0.2, 0.25) is 0 Å². The van der Waals surface area contributed by atoms with Gasteiger partial charge >= 0.3 is 0 Å². The second-order valence-corrected chi connectivity index (χ2v) is 3.76. The van der Waals surface area contributed by atoms with Crippen LogP contribution in [0.5, 0.6) is 0 Å². The van der Waals surface area contributed by atoms with E-state index in [1.54, 1.807) is 13.0 Å². The number of halogens is 1. The second kappa shape index (κ2) is 5.11. The minimum Gasteiger partial charge on any atom is -0.323 e. The molecule has 1 heterocycles. The van der Waals surface area contributed by atoms with Crippen molar-refractivity contribution in [3.8, 4) is 12.1 Å². The van der Waals surface area contributed by atoms with Gasteiger partial charge in [0.25, 0.3) is 0 Å². The molecule has 1 aromatic carbocycles. The standard InChI is InChI=1S/C13H8FN5/c1-8-4-11(7-16)18-13(17-8)19-12-3-2-10(14)5-9(12)6-15/h2-5H,1H3,(H,17,18,19). The normalized spacial score (nSPS) is 9.47. The minimum atomic E-state index is -0.495. The van der Waals surface area contributed by atoms with Gasteiger partial charge in [0, 0.05) is 5.69 Å². The number of benzene rings is 1. The molecular weight excluding hydrogens is 245 g/mol. The highest BCUT2D eigenvalue weighted by Gasteiger charge is 2.07. The number of hydrogen-bond acceptors (Lipinski definition) is 5. The number of aromatic nitrogens is 2. The topological polar surface area (TPSA) is 85.4 Å². The molecule has 2 rings (SSSR count). The van der Waals surface area contributed by atoms with E-state index >= 15 is 0 Å². The summed E-state index contributed by atoms with van der Waals surface area (Å²) in [6.45, 7) is 1.73. The van der Waals surface area contributed by atoms with Gasteiger partial charge in [-0.05, 0) is 31.2 Å². The maximum absolute atomic E-state index is 13.0. The highest BCUT2D eigenvalue weighted by molar-refractivity contribution is 5.63. The van der Waals surface area contributed by atoms with Crippen LogP contribution in [0.1, 0.15) is 17.0 Å². The Morgan fingerprint density at radius 2 is 1.95 bits per heavy atom. The summed E-state index contributed by atoms with van der Waals surface area (Å²) in [6, 6.07) is 9.10. The summed E-state index contributed by atoms with van der Waals surface area (Å²) in [5.74, 6) is -0.301. The Balaban J connectivity index is 2.40. The van der Waals surface area contributed by atoms with Crippen LogP contribution in [0.25, 0.3) is 0 Å². The van der Waals surface area contributed by atoms with E-state index in [0.29, 0.717) is 11.4 Å². The summed E-state index contributed by atoms with van der Waals surface area (Å²) in [7, 11) is 0. The molecule has 0 aliphatic heterocycles. The Labute approximate surface area is 109 Å². The van der Waals surface area contributed by atoms with Crippen molar-refractivity contribution in [1.29, 1.82) is 10.5 Å². The van der Waals surface area contributed by atoms with E-state index in [0.717, 1.165) is 6.07 Å². The molecule has 0 aliphatic rings. The number of rotatable bonds is 2. The maximum atomic E-state index is 13.0. The van der Waals surface area contributed by atoms with Crippen LogP contribution in [0.4, 0.5) is 16.0 Å². The average Bonchev–Trinajstić information content (AvgIpc) is 2.40. The first kappa shape index (κ1) is 12.5. The third-order valence-corrected chi connectivity index (χ3v) is 2.32. The van der Waals surface area contributed by atoms with Gasteiger partial charge in [-0.2, -0.15) is 10.5 Å². The molecule has 0 atom stereocenters. The molecule has 0 bridgehead atoms. The van der Waals surface area contributed by atoms with Gasteiger partial charge in [-0.3, -0.25) is 0 Å². The van der Waals surface area contributed by atoms with Crippen molar-refractivity contribution in [1.82, 2.24) is 9.97 Å². The highest BCUT2D eigenvalue weighted by atomic mass is 19.1. The fourth-order valence-corrected chi connectivity index (χ4v) is 1.52. The van der Waals surface area contributed by atoms with Gasteiger partial charge in [0.2, 0.25) is 5.95 Å². The summed E-state index contributed by atoms with van der Waals surface area (Å²) >= 11 is 0. The lowest BCUT2D eigenvalue weighted by atomic mass is 10.2. The summed E-state index contributed by atoms with van der Waals surface area (Å²) < 4.78 is 13.0. The van der Waals surface area contributed by atoms with Gasteiger partial charge in [0.05, 0.1) is 11.3 Å². The Morgan fingerprint density at radius 3 is 2.63 bits per heavy atom. The smallest absolute Gasteiger partial charge is 0.228 e. The second-order valence-electron chi connectivity index (χ2n) is 3.76. The largest absolute Gasteiger partial charge is 0.323 e. The predicted octanol–water partition coefficient (Wildman–Crippen LogP) is 2.41. The number of hydrogen-bond donors (Lipinski definition) is 1. The minimum absolute atomic E-state index is 0.142. The molecule has 0 fully saturated rings. The van der Waals surface area contributed by atoms with Crippen molar-refractivity contribution in [2.45, 2.75) is 6.92 Å². The van der Waals surface area contributed by atoms with E-state index in [1.165, 1.54) is 12.1 Å². The quantitative estimate of drug-likeness (QED) is 0.888. The molecule has 1 aromatic heterocycles. The van der Waals surface area contributed by atoms with Crippen LogP contribution in [0.3, 0.4) is 0 Å². The summed E-state index contributed by atoms with van der Waals surface area (Å²) in [6.07, 6.45) is 0. The lowest BCUT2D eigenvalue weighted by molar-refractivity contribution is 0.627. The highest BCUT2D eigenvalue weighted by Crippen LogP contribution is 2.19. The Kier molecular flexibility index (Phi) is 3.35. The van der Waals surface area contributed by atoms with Crippen molar-refractivity contribution < 1.29 is 4.39 Å². The molecule has 0 radical (unpaired) electrons. The van der Waals surface area contributed by atoms with Crippen LogP contribution in [0.15, 0.2) is 24.3 Å². The Morgan fingerprint density at radius 1 is 1.16 bits per heavy atom. The van der Waals surface area contributed by atoms with Gasteiger partial charge in [0.1, 0.15) is 23.6 Å². The first-order valence-corrected chi connectivity index (χ1v) is 5.35.